The Morgan fingerprint density at radius 3 is 2.47 bits per heavy atom. The van der Waals surface area contributed by atoms with E-state index in [1.54, 1.807) is 4.90 Å². The molecule has 0 unspecified atom stereocenters. The van der Waals surface area contributed by atoms with Gasteiger partial charge in [-0.1, -0.05) is 24.3 Å². The van der Waals surface area contributed by atoms with Crippen molar-refractivity contribution in [3.8, 4) is 0 Å². The maximum Gasteiger partial charge on any atom is 0.260 e. The van der Waals surface area contributed by atoms with Gasteiger partial charge in [-0.2, -0.15) is 0 Å². The number of rotatable bonds is 3. The third kappa shape index (κ3) is 2.57. The summed E-state index contributed by atoms with van der Waals surface area (Å²) in [6.45, 7) is 2.35. The van der Waals surface area contributed by atoms with Crippen LogP contribution in [0.1, 0.15) is 17.3 Å². The van der Waals surface area contributed by atoms with Crippen LogP contribution in [-0.2, 0) is 0 Å². The Labute approximate surface area is 111 Å². The first-order valence-corrected chi connectivity index (χ1v) is 6.06. The van der Waals surface area contributed by atoms with Crippen molar-refractivity contribution in [3.63, 3.8) is 0 Å². The largest absolute Gasteiger partial charge is 0.396 e. The lowest BCUT2D eigenvalue weighted by atomic mass is 10.1. The lowest BCUT2D eigenvalue weighted by molar-refractivity contribution is 0.0989. The second kappa shape index (κ2) is 5.52. The van der Waals surface area contributed by atoms with Crippen LogP contribution in [0, 0.1) is 5.82 Å². The van der Waals surface area contributed by atoms with Crippen molar-refractivity contribution >= 4 is 17.3 Å². The van der Waals surface area contributed by atoms with E-state index in [2.05, 4.69) is 0 Å². The van der Waals surface area contributed by atoms with Gasteiger partial charge >= 0.3 is 0 Å². The third-order valence-electron chi connectivity index (χ3n) is 2.91. The zero-order chi connectivity index (χ0) is 13.8. The van der Waals surface area contributed by atoms with Gasteiger partial charge in [0.1, 0.15) is 5.82 Å². The number of amides is 1. The monoisotopic (exact) mass is 258 g/mol. The Balaban J connectivity index is 2.39. The van der Waals surface area contributed by atoms with Crippen LogP contribution in [0.25, 0.3) is 0 Å². The molecule has 3 nitrogen and oxygen atoms in total. The minimum Gasteiger partial charge on any atom is -0.396 e. The second-order valence-electron chi connectivity index (χ2n) is 4.09. The highest BCUT2D eigenvalue weighted by Gasteiger charge is 2.19. The van der Waals surface area contributed by atoms with Gasteiger partial charge in [-0.15, -0.1) is 0 Å². The van der Waals surface area contributed by atoms with E-state index in [0.717, 1.165) is 5.69 Å². The number of nitrogens with two attached hydrogens (primary N) is 1. The van der Waals surface area contributed by atoms with E-state index in [9.17, 15) is 9.18 Å². The van der Waals surface area contributed by atoms with Crippen molar-refractivity contribution < 1.29 is 9.18 Å². The minimum absolute atomic E-state index is 0.109. The number of para-hydroxylation sites is 2. The number of nitrogens with zero attached hydrogens (tertiary/aromatic N) is 1. The summed E-state index contributed by atoms with van der Waals surface area (Å²) >= 11 is 0. The molecular weight excluding hydrogens is 243 g/mol. The smallest absolute Gasteiger partial charge is 0.260 e. The van der Waals surface area contributed by atoms with Gasteiger partial charge in [0.2, 0.25) is 0 Å². The van der Waals surface area contributed by atoms with Crippen molar-refractivity contribution in [2.24, 2.45) is 0 Å². The van der Waals surface area contributed by atoms with Crippen LogP contribution in [0.4, 0.5) is 15.8 Å². The molecule has 2 aromatic rings. The van der Waals surface area contributed by atoms with Gasteiger partial charge < -0.3 is 10.6 Å². The molecule has 2 aromatic carbocycles. The molecule has 0 aromatic heterocycles. The van der Waals surface area contributed by atoms with Crippen LogP contribution >= 0.6 is 0 Å². The van der Waals surface area contributed by atoms with Gasteiger partial charge in [0.15, 0.2) is 0 Å². The fraction of sp³-hybridized carbons (Fsp3) is 0.133. The molecule has 1 amide bonds. The van der Waals surface area contributed by atoms with Crippen molar-refractivity contribution in [2.75, 3.05) is 17.2 Å². The van der Waals surface area contributed by atoms with Gasteiger partial charge in [0.05, 0.1) is 11.3 Å². The Morgan fingerprint density at radius 1 is 1.16 bits per heavy atom. The predicted molar refractivity (Wildman–Crippen MR) is 74.6 cm³/mol. The topological polar surface area (TPSA) is 46.3 Å². The van der Waals surface area contributed by atoms with Crippen LogP contribution in [0.15, 0.2) is 48.5 Å². The van der Waals surface area contributed by atoms with Crippen LogP contribution in [-0.4, -0.2) is 12.5 Å². The summed E-state index contributed by atoms with van der Waals surface area (Å²) < 4.78 is 13.4. The average Bonchev–Trinajstić information content (AvgIpc) is 2.44. The van der Waals surface area contributed by atoms with E-state index >= 15 is 0 Å². The lowest BCUT2D eigenvalue weighted by Crippen LogP contribution is -2.31. The van der Waals surface area contributed by atoms with Gasteiger partial charge in [0, 0.05) is 12.2 Å². The summed E-state index contributed by atoms with van der Waals surface area (Å²) in [5.41, 5.74) is 6.47. The van der Waals surface area contributed by atoms with Gasteiger partial charge in [-0.3, -0.25) is 4.79 Å². The summed E-state index contributed by atoms with van der Waals surface area (Å²) in [6, 6.07) is 13.5. The maximum atomic E-state index is 13.4. The molecule has 0 fully saturated rings. The molecule has 2 rings (SSSR count). The summed E-state index contributed by atoms with van der Waals surface area (Å²) in [7, 11) is 0. The molecule has 0 heterocycles. The van der Waals surface area contributed by atoms with Crippen molar-refractivity contribution in [3.05, 3.63) is 59.9 Å². The summed E-state index contributed by atoms with van der Waals surface area (Å²) in [5.74, 6) is -0.874. The van der Waals surface area contributed by atoms with Crippen molar-refractivity contribution in [1.29, 1.82) is 0 Å². The number of nitrogen functional groups attached to an aromatic ring is 1. The van der Waals surface area contributed by atoms with Crippen LogP contribution in [0.2, 0.25) is 0 Å². The molecule has 0 spiro atoms. The fourth-order valence-corrected chi connectivity index (χ4v) is 1.92. The highest BCUT2D eigenvalue weighted by Crippen LogP contribution is 2.21. The number of halogens is 1. The first-order chi connectivity index (χ1) is 9.15. The standard InChI is InChI=1S/C15H15FN2O/c1-2-18(11-7-4-3-5-8-11)15(19)12-9-6-10-13(16)14(12)17/h3-10H,2,17H2,1H3. The quantitative estimate of drug-likeness (QED) is 0.860. The number of hydrogen-bond donors (Lipinski definition) is 1. The molecule has 19 heavy (non-hydrogen) atoms. The van der Waals surface area contributed by atoms with Gasteiger partial charge in [0.25, 0.3) is 5.91 Å². The van der Waals surface area contributed by atoms with E-state index < -0.39 is 5.82 Å². The second-order valence-corrected chi connectivity index (χ2v) is 4.09. The van der Waals surface area contributed by atoms with E-state index in [1.165, 1.54) is 18.2 Å². The van der Waals surface area contributed by atoms with Crippen LogP contribution < -0.4 is 10.6 Å². The highest BCUT2D eigenvalue weighted by molar-refractivity contribution is 6.09. The molecule has 0 saturated heterocycles. The van der Waals surface area contributed by atoms with E-state index in [4.69, 9.17) is 5.73 Å². The zero-order valence-electron chi connectivity index (χ0n) is 10.6. The van der Waals surface area contributed by atoms with Crippen molar-refractivity contribution in [2.45, 2.75) is 6.92 Å². The molecular formula is C15H15FN2O. The minimum atomic E-state index is -0.574. The predicted octanol–water partition coefficient (Wildman–Crippen LogP) is 3.07. The molecule has 0 aliphatic heterocycles. The SMILES string of the molecule is CCN(C(=O)c1cccc(F)c1N)c1ccccc1. The summed E-state index contributed by atoms with van der Waals surface area (Å²) in [5, 5.41) is 0. The van der Waals surface area contributed by atoms with Gasteiger partial charge in [-0.05, 0) is 31.2 Å². The number of carbonyl (C=O) groups excluding carboxylic acids is 1. The molecule has 0 aliphatic carbocycles. The Hall–Kier alpha value is -2.36. The molecule has 4 heteroatoms. The maximum absolute atomic E-state index is 13.4. The first kappa shape index (κ1) is 13.1. The zero-order valence-corrected chi connectivity index (χ0v) is 10.6. The molecule has 2 N–H and O–H groups in total. The summed E-state index contributed by atoms with van der Waals surface area (Å²) in [6.07, 6.45) is 0. The molecule has 0 radical (unpaired) electrons. The number of anilines is 2. The Kier molecular flexibility index (Phi) is 3.80. The molecule has 0 aliphatic rings. The third-order valence-corrected chi connectivity index (χ3v) is 2.91. The number of carbonyl (C=O) groups is 1. The van der Waals surface area contributed by atoms with E-state index in [1.807, 2.05) is 37.3 Å². The highest BCUT2D eigenvalue weighted by atomic mass is 19.1. The van der Waals surface area contributed by atoms with Crippen LogP contribution in [0.3, 0.4) is 0 Å². The van der Waals surface area contributed by atoms with E-state index in [0.29, 0.717) is 6.54 Å². The average molecular weight is 258 g/mol. The Bertz CT molecular complexity index is 584. The molecule has 98 valence electrons. The normalized spacial score (nSPS) is 10.2. The van der Waals surface area contributed by atoms with E-state index in [-0.39, 0.29) is 17.2 Å². The summed E-state index contributed by atoms with van der Waals surface area (Å²) in [4.78, 5) is 14.0. The van der Waals surface area contributed by atoms with Gasteiger partial charge in [-0.25, -0.2) is 4.39 Å². The van der Waals surface area contributed by atoms with Crippen molar-refractivity contribution in [1.82, 2.24) is 0 Å². The lowest BCUT2D eigenvalue weighted by Gasteiger charge is -2.21. The molecule has 0 atom stereocenters. The fourth-order valence-electron chi connectivity index (χ4n) is 1.92. The number of benzene rings is 2. The van der Waals surface area contributed by atoms with Crippen LogP contribution in [0.5, 0.6) is 0 Å². The molecule has 0 bridgehead atoms. The number of hydrogen-bond acceptors (Lipinski definition) is 2. The Morgan fingerprint density at radius 2 is 1.84 bits per heavy atom. The molecule has 0 saturated carbocycles. The first-order valence-electron chi connectivity index (χ1n) is 6.06.